The molecule has 0 bridgehead atoms. The first-order chi connectivity index (χ1) is 16.3. The van der Waals surface area contributed by atoms with Gasteiger partial charge in [-0.25, -0.2) is 9.78 Å². The highest BCUT2D eigenvalue weighted by Gasteiger charge is 2.49. The topological polar surface area (TPSA) is 114 Å². The molecule has 4 atom stereocenters. The zero-order chi connectivity index (χ0) is 24.2. The lowest BCUT2D eigenvalue weighted by atomic mass is 10.0. The number of rotatable bonds is 9. The number of carbonyl (C=O) groups excluding carboxylic acids is 1. The molecule has 3 aromatic rings. The van der Waals surface area contributed by atoms with Gasteiger partial charge in [0, 0.05) is 18.5 Å². The number of hydrogen-bond acceptors (Lipinski definition) is 6. The summed E-state index contributed by atoms with van der Waals surface area (Å²) in [7, 11) is 0. The lowest BCUT2D eigenvalue weighted by Gasteiger charge is -2.24. The van der Waals surface area contributed by atoms with Gasteiger partial charge < -0.3 is 14.8 Å². The van der Waals surface area contributed by atoms with E-state index in [1.165, 1.54) is 6.20 Å². The lowest BCUT2D eigenvalue weighted by Crippen LogP contribution is -2.35. The number of carboxylic acid groups (broad SMARTS) is 1. The van der Waals surface area contributed by atoms with Crippen molar-refractivity contribution in [2.24, 2.45) is 0 Å². The van der Waals surface area contributed by atoms with E-state index >= 15 is 0 Å². The van der Waals surface area contributed by atoms with E-state index in [1.54, 1.807) is 24.0 Å². The van der Waals surface area contributed by atoms with Gasteiger partial charge in [0.05, 0.1) is 17.3 Å². The predicted molar refractivity (Wildman–Crippen MR) is 132 cm³/mol. The summed E-state index contributed by atoms with van der Waals surface area (Å²) >= 11 is -0.214. The van der Waals surface area contributed by atoms with Gasteiger partial charge in [-0.2, -0.15) is 0 Å². The maximum absolute atomic E-state index is 12.9. The Morgan fingerprint density at radius 1 is 1.21 bits per heavy atom. The van der Waals surface area contributed by atoms with Gasteiger partial charge in [-0.15, -0.1) is 11.3 Å². The Balaban J connectivity index is 1.43. The van der Waals surface area contributed by atoms with E-state index in [2.05, 4.69) is 4.98 Å². The minimum absolute atomic E-state index is 0.177. The molecule has 1 saturated heterocycles. The first-order valence-electron chi connectivity index (χ1n) is 11.1. The van der Waals surface area contributed by atoms with Crippen molar-refractivity contribution < 1.29 is 24.4 Å². The SMILES string of the molecule is CC1C(=O)N(c2ccc(C(O)Cc3ccccc3)cc2)C(CCCc2ncc(C(=O)O)s2)[S+]1[O-]. The highest BCUT2D eigenvalue weighted by atomic mass is 32.2. The second-order valence-corrected chi connectivity index (χ2v) is 11.3. The number of benzene rings is 2. The molecule has 34 heavy (non-hydrogen) atoms. The molecule has 0 saturated carbocycles. The quantitative estimate of drug-likeness (QED) is 0.432. The van der Waals surface area contributed by atoms with Crippen LogP contribution >= 0.6 is 11.3 Å². The number of aliphatic hydroxyl groups is 1. The number of nitrogens with zero attached hydrogens (tertiary/aromatic N) is 2. The van der Waals surface area contributed by atoms with Gasteiger partial charge in [0.2, 0.25) is 0 Å². The van der Waals surface area contributed by atoms with Crippen molar-refractivity contribution in [2.75, 3.05) is 4.90 Å². The molecule has 2 N–H and O–H groups in total. The number of aromatic nitrogens is 1. The van der Waals surface area contributed by atoms with Crippen LogP contribution in [0.2, 0.25) is 0 Å². The highest BCUT2D eigenvalue weighted by molar-refractivity contribution is 7.94. The summed E-state index contributed by atoms with van der Waals surface area (Å²) in [5.74, 6) is -1.17. The van der Waals surface area contributed by atoms with Crippen molar-refractivity contribution in [3.8, 4) is 0 Å². The Morgan fingerprint density at radius 2 is 1.91 bits per heavy atom. The first kappa shape index (κ1) is 24.4. The Labute approximate surface area is 205 Å². The Kier molecular flexibility index (Phi) is 7.67. The fourth-order valence-electron chi connectivity index (χ4n) is 4.08. The monoisotopic (exact) mass is 498 g/mol. The van der Waals surface area contributed by atoms with E-state index in [0.717, 1.165) is 22.5 Å². The highest BCUT2D eigenvalue weighted by Crippen LogP contribution is 2.34. The van der Waals surface area contributed by atoms with E-state index < -0.39 is 33.9 Å². The van der Waals surface area contributed by atoms with Crippen LogP contribution in [0.4, 0.5) is 5.69 Å². The molecule has 1 fully saturated rings. The third-order valence-corrected chi connectivity index (χ3v) is 8.85. The third-order valence-electron chi connectivity index (χ3n) is 5.92. The van der Waals surface area contributed by atoms with E-state index in [9.17, 15) is 19.2 Å². The number of thiazole rings is 1. The lowest BCUT2D eigenvalue weighted by molar-refractivity contribution is -0.117. The maximum Gasteiger partial charge on any atom is 0.347 e. The molecule has 2 aromatic carbocycles. The van der Waals surface area contributed by atoms with Crippen LogP contribution in [0.15, 0.2) is 60.8 Å². The van der Waals surface area contributed by atoms with Gasteiger partial charge in [0.25, 0.3) is 5.91 Å². The van der Waals surface area contributed by atoms with Crippen LogP contribution in [0.25, 0.3) is 0 Å². The minimum atomic E-state index is -1.35. The van der Waals surface area contributed by atoms with Gasteiger partial charge >= 0.3 is 5.97 Å². The van der Waals surface area contributed by atoms with Crippen molar-refractivity contribution in [1.29, 1.82) is 0 Å². The molecule has 1 aromatic heterocycles. The Bertz CT molecular complexity index is 1140. The Morgan fingerprint density at radius 3 is 2.56 bits per heavy atom. The average Bonchev–Trinajstić information content (AvgIpc) is 3.39. The molecule has 0 radical (unpaired) electrons. The molecule has 178 valence electrons. The molecule has 0 spiro atoms. The number of carboxylic acids is 1. The number of aromatic carboxylic acids is 1. The minimum Gasteiger partial charge on any atom is -0.614 e. The number of anilines is 1. The zero-order valence-corrected chi connectivity index (χ0v) is 20.3. The van der Waals surface area contributed by atoms with E-state index in [-0.39, 0.29) is 10.8 Å². The van der Waals surface area contributed by atoms with E-state index in [0.29, 0.717) is 36.4 Å². The van der Waals surface area contributed by atoms with E-state index in [1.807, 2.05) is 42.5 Å². The number of amides is 1. The fraction of sp³-hybridized carbons (Fsp3) is 0.320. The molecule has 1 aliphatic rings. The van der Waals surface area contributed by atoms with Crippen LogP contribution in [0, 0.1) is 0 Å². The van der Waals surface area contributed by atoms with Crippen molar-refractivity contribution >= 4 is 40.1 Å². The predicted octanol–water partition coefficient (Wildman–Crippen LogP) is 3.95. The zero-order valence-electron chi connectivity index (χ0n) is 18.7. The first-order valence-corrected chi connectivity index (χ1v) is 13.2. The van der Waals surface area contributed by atoms with Gasteiger partial charge in [-0.3, -0.25) is 9.69 Å². The summed E-state index contributed by atoms with van der Waals surface area (Å²) < 4.78 is 12.9. The summed E-state index contributed by atoms with van der Waals surface area (Å²) in [5.41, 5.74) is 2.45. The smallest absolute Gasteiger partial charge is 0.347 e. The second-order valence-electron chi connectivity index (χ2n) is 8.25. The number of carbonyl (C=O) groups is 2. The maximum atomic E-state index is 12.9. The molecular formula is C25H26N2O5S2. The number of aryl methyl sites for hydroxylation is 1. The van der Waals surface area contributed by atoms with Crippen molar-refractivity contribution in [1.82, 2.24) is 4.98 Å². The molecule has 4 rings (SSSR count). The van der Waals surface area contributed by atoms with Gasteiger partial charge in [-0.1, -0.05) is 42.5 Å². The third kappa shape index (κ3) is 5.33. The van der Waals surface area contributed by atoms with Crippen LogP contribution in [-0.2, 0) is 28.8 Å². The summed E-state index contributed by atoms with van der Waals surface area (Å²) in [6.45, 7) is 1.68. The second kappa shape index (κ2) is 10.7. The molecule has 0 aliphatic carbocycles. The summed E-state index contributed by atoms with van der Waals surface area (Å²) in [5, 5.41) is 19.3. The van der Waals surface area contributed by atoms with Crippen molar-refractivity contribution in [3.63, 3.8) is 0 Å². The molecule has 1 amide bonds. The van der Waals surface area contributed by atoms with Crippen LogP contribution in [-0.4, -0.2) is 42.3 Å². The molecule has 7 nitrogen and oxygen atoms in total. The number of aliphatic hydroxyl groups excluding tert-OH is 1. The largest absolute Gasteiger partial charge is 0.614 e. The normalized spacial score (nSPS) is 21.1. The Hall–Kier alpha value is -2.72. The summed E-state index contributed by atoms with van der Waals surface area (Å²) in [6, 6.07) is 16.9. The fourth-order valence-corrected chi connectivity index (χ4v) is 6.49. The number of hydrogen-bond donors (Lipinski definition) is 2. The van der Waals surface area contributed by atoms with E-state index in [4.69, 9.17) is 5.11 Å². The van der Waals surface area contributed by atoms with Crippen molar-refractivity contribution in [2.45, 2.75) is 49.3 Å². The standard InChI is InChI=1S/C25H26N2O5S2/c1-16-24(29)27(23(34(16)32)9-5-8-22-26-15-21(33-22)25(30)31)19-12-10-18(11-13-19)20(28)14-17-6-3-2-4-7-17/h2-4,6-7,10-13,15-16,20,23,28H,5,8-9,14H2,1H3,(H,30,31). The molecule has 2 heterocycles. The van der Waals surface area contributed by atoms with Crippen molar-refractivity contribution in [3.05, 3.63) is 81.8 Å². The van der Waals surface area contributed by atoms with Gasteiger partial charge in [0.15, 0.2) is 10.6 Å². The molecule has 1 aliphatic heterocycles. The van der Waals surface area contributed by atoms with Gasteiger partial charge in [-0.05, 0) is 54.2 Å². The summed E-state index contributed by atoms with van der Waals surface area (Å²) in [4.78, 5) is 29.9. The van der Waals surface area contributed by atoms with Crippen LogP contribution in [0.5, 0.6) is 0 Å². The van der Waals surface area contributed by atoms with Crippen LogP contribution in [0.3, 0.4) is 0 Å². The van der Waals surface area contributed by atoms with Gasteiger partial charge in [0.1, 0.15) is 4.88 Å². The molecule has 9 heteroatoms. The van der Waals surface area contributed by atoms with Crippen LogP contribution < -0.4 is 4.90 Å². The molecular weight excluding hydrogens is 472 g/mol. The van der Waals surface area contributed by atoms with Crippen LogP contribution in [0.1, 0.15) is 51.7 Å². The summed E-state index contributed by atoms with van der Waals surface area (Å²) in [6.07, 6.45) is 2.89. The average molecular weight is 499 g/mol. The molecule has 4 unspecified atom stereocenters.